The number of carbonyl (C=O) groups is 1. The number of pyridine rings is 1. The summed E-state index contributed by atoms with van der Waals surface area (Å²) in [6.45, 7) is 1.67. The second-order valence-electron chi connectivity index (χ2n) is 5.50. The number of carbonyl (C=O) groups excluding carboxylic acids is 1. The minimum Gasteiger partial charge on any atom is -0.455 e. The number of nitro groups is 1. The van der Waals surface area contributed by atoms with Gasteiger partial charge in [-0.2, -0.15) is 5.10 Å². The average Bonchev–Trinajstić information content (AvgIpc) is 3.11. The van der Waals surface area contributed by atoms with E-state index in [9.17, 15) is 14.9 Å². The molecule has 0 spiro atoms. The first kappa shape index (κ1) is 18.3. The number of aromatic nitrogens is 1. The summed E-state index contributed by atoms with van der Waals surface area (Å²) in [5.41, 5.74) is 3.67. The van der Waals surface area contributed by atoms with Crippen LogP contribution in [0.1, 0.15) is 21.7 Å². The van der Waals surface area contributed by atoms with Gasteiger partial charge in [-0.05, 0) is 31.2 Å². The molecule has 0 aliphatic heterocycles. The van der Waals surface area contributed by atoms with E-state index in [1.165, 1.54) is 24.5 Å². The van der Waals surface area contributed by atoms with Crippen LogP contribution in [-0.2, 0) is 0 Å². The number of rotatable bonds is 5. The number of hydrogen-bond acceptors (Lipinski definition) is 6. The number of hydrogen-bond donors (Lipinski definition) is 1. The molecule has 0 atom stereocenters. The molecule has 0 aliphatic carbocycles. The van der Waals surface area contributed by atoms with Crippen molar-refractivity contribution in [2.45, 2.75) is 6.92 Å². The second-order valence-corrected chi connectivity index (χ2v) is 5.86. The number of nitrogens with zero attached hydrogens (tertiary/aromatic N) is 3. The van der Waals surface area contributed by atoms with Crippen molar-refractivity contribution < 1.29 is 14.1 Å². The summed E-state index contributed by atoms with van der Waals surface area (Å²) in [7, 11) is 0. The zero-order valence-corrected chi connectivity index (χ0v) is 14.8. The first-order valence-electron chi connectivity index (χ1n) is 7.75. The number of nitrogens with one attached hydrogen (secondary N) is 1. The van der Waals surface area contributed by atoms with Crippen molar-refractivity contribution in [3.8, 4) is 11.3 Å². The molecule has 0 radical (unpaired) electrons. The molecule has 0 aliphatic rings. The van der Waals surface area contributed by atoms with Gasteiger partial charge in [0, 0.05) is 23.4 Å². The molecule has 0 fully saturated rings. The van der Waals surface area contributed by atoms with Crippen LogP contribution >= 0.6 is 11.6 Å². The lowest BCUT2D eigenvalue weighted by Gasteiger charge is -2.01. The molecule has 1 amide bonds. The lowest BCUT2D eigenvalue weighted by atomic mass is 10.1. The summed E-state index contributed by atoms with van der Waals surface area (Å²) in [5, 5.41) is 14.9. The number of halogens is 1. The van der Waals surface area contributed by atoms with Gasteiger partial charge in [0.25, 0.3) is 11.6 Å². The van der Waals surface area contributed by atoms with Gasteiger partial charge >= 0.3 is 0 Å². The fraction of sp³-hybridized carbons (Fsp3) is 0.0556. The van der Waals surface area contributed by atoms with E-state index < -0.39 is 10.8 Å². The fourth-order valence-corrected chi connectivity index (χ4v) is 2.51. The Kier molecular flexibility index (Phi) is 5.28. The molecule has 2 aromatic heterocycles. The first-order valence-corrected chi connectivity index (χ1v) is 8.12. The van der Waals surface area contributed by atoms with Crippen LogP contribution in [0.3, 0.4) is 0 Å². The van der Waals surface area contributed by atoms with Crippen LogP contribution in [0.25, 0.3) is 11.3 Å². The van der Waals surface area contributed by atoms with E-state index in [1.54, 1.807) is 37.3 Å². The monoisotopic (exact) mass is 384 g/mol. The van der Waals surface area contributed by atoms with E-state index >= 15 is 0 Å². The molecule has 3 rings (SSSR count). The maximum Gasteiger partial charge on any atom is 0.274 e. The van der Waals surface area contributed by atoms with Crippen molar-refractivity contribution in [2.24, 2.45) is 5.10 Å². The van der Waals surface area contributed by atoms with Crippen LogP contribution < -0.4 is 5.43 Å². The molecular formula is C18H13ClN4O4. The Morgan fingerprint density at radius 1 is 1.33 bits per heavy atom. The Bertz CT molecular complexity index is 1050. The van der Waals surface area contributed by atoms with Crippen molar-refractivity contribution in [3.05, 3.63) is 80.8 Å². The van der Waals surface area contributed by atoms with Crippen LogP contribution in [0, 0.1) is 17.0 Å². The molecule has 1 N–H and O–H groups in total. The normalized spacial score (nSPS) is 10.9. The van der Waals surface area contributed by atoms with Gasteiger partial charge in [-0.15, -0.1) is 0 Å². The van der Waals surface area contributed by atoms with Gasteiger partial charge in [0.1, 0.15) is 16.7 Å². The van der Waals surface area contributed by atoms with Gasteiger partial charge in [0.2, 0.25) is 0 Å². The average molecular weight is 385 g/mol. The third-order valence-corrected chi connectivity index (χ3v) is 3.98. The first-order chi connectivity index (χ1) is 13.0. The maximum atomic E-state index is 12.0. The van der Waals surface area contributed by atoms with Gasteiger partial charge in [0.05, 0.1) is 16.7 Å². The molecule has 9 heteroatoms. The van der Waals surface area contributed by atoms with Crippen molar-refractivity contribution in [1.82, 2.24) is 10.4 Å². The van der Waals surface area contributed by atoms with E-state index in [2.05, 4.69) is 15.5 Å². The molecular weight excluding hydrogens is 372 g/mol. The molecule has 0 bridgehead atoms. The molecule has 0 unspecified atom stereocenters. The van der Waals surface area contributed by atoms with Gasteiger partial charge in [-0.3, -0.25) is 14.9 Å². The summed E-state index contributed by atoms with van der Waals surface area (Å²) in [6, 6.07) is 11.2. The Hall–Kier alpha value is -3.52. The van der Waals surface area contributed by atoms with Crippen LogP contribution in [0.15, 0.2) is 58.2 Å². The second kappa shape index (κ2) is 7.79. The molecule has 0 saturated carbocycles. The largest absolute Gasteiger partial charge is 0.455 e. The van der Waals surface area contributed by atoms with E-state index in [1.807, 2.05) is 0 Å². The summed E-state index contributed by atoms with van der Waals surface area (Å²) in [6.07, 6.45) is 2.79. The molecule has 27 heavy (non-hydrogen) atoms. The van der Waals surface area contributed by atoms with E-state index in [0.717, 1.165) is 0 Å². The quantitative estimate of drug-likeness (QED) is 0.309. The Morgan fingerprint density at radius 2 is 2.15 bits per heavy atom. The molecule has 8 nitrogen and oxygen atoms in total. The van der Waals surface area contributed by atoms with Gasteiger partial charge in [0.15, 0.2) is 0 Å². The number of furan rings is 1. The lowest BCUT2D eigenvalue weighted by Crippen LogP contribution is -2.18. The Labute approximate surface area is 158 Å². The van der Waals surface area contributed by atoms with Gasteiger partial charge in [-0.25, -0.2) is 10.4 Å². The predicted octanol–water partition coefficient (Wildman–Crippen LogP) is 3.98. The third kappa shape index (κ3) is 4.18. The van der Waals surface area contributed by atoms with Crippen molar-refractivity contribution in [2.75, 3.05) is 0 Å². The summed E-state index contributed by atoms with van der Waals surface area (Å²) < 4.78 is 5.59. The molecule has 2 heterocycles. The number of aryl methyl sites for hydroxylation is 1. The number of nitro benzene ring substituents is 1. The van der Waals surface area contributed by atoms with Crippen LogP contribution in [0.2, 0.25) is 5.15 Å². The van der Waals surface area contributed by atoms with Crippen LogP contribution in [0.4, 0.5) is 5.69 Å². The molecule has 0 saturated heterocycles. The molecule has 3 aromatic rings. The predicted molar refractivity (Wildman–Crippen MR) is 99.8 cm³/mol. The topological polar surface area (TPSA) is 111 Å². The highest BCUT2D eigenvalue weighted by Crippen LogP contribution is 2.27. The zero-order chi connectivity index (χ0) is 19.4. The fourth-order valence-electron chi connectivity index (χ4n) is 2.31. The van der Waals surface area contributed by atoms with E-state index in [0.29, 0.717) is 22.6 Å². The standard InChI is InChI=1S/C18H13ClN4O4/c1-11-4-5-12(9-15(11)23(25)26)16-7-6-13(27-16)10-21-22-18(24)14-3-2-8-20-17(14)19/h2-10H,1H3,(H,22,24). The maximum absolute atomic E-state index is 12.0. The summed E-state index contributed by atoms with van der Waals surface area (Å²) in [4.78, 5) is 26.4. The Balaban J connectivity index is 1.72. The van der Waals surface area contributed by atoms with Crippen molar-refractivity contribution >= 4 is 29.4 Å². The number of amides is 1. The van der Waals surface area contributed by atoms with Crippen LogP contribution in [-0.4, -0.2) is 22.0 Å². The van der Waals surface area contributed by atoms with Gasteiger partial charge < -0.3 is 4.42 Å². The number of hydrazone groups is 1. The zero-order valence-electron chi connectivity index (χ0n) is 14.0. The highest BCUT2D eigenvalue weighted by molar-refractivity contribution is 6.32. The SMILES string of the molecule is Cc1ccc(-c2ccc(C=NNC(=O)c3cccnc3Cl)o2)cc1[N+](=O)[O-]. The Morgan fingerprint density at radius 3 is 2.89 bits per heavy atom. The van der Waals surface area contributed by atoms with Crippen LogP contribution in [0.5, 0.6) is 0 Å². The highest BCUT2D eigenvalue weighted by Gasteiger charge is 2.14. The lowest BCUT2D eigenvalue weighted by molar-refractivity contribution is -0.385. The summed E-state index contributed by atoms with van der Waals surface area (Å²) in [5.74, 6) is 0.303. The van der Waals surface area contributed by atoms with Crippen molar-refractivity contribution in [3.63, 3.8) is 0 Å². The molecule has 136 valence electrons. The van der Waals surface area contributed by atoms with Gasteiger partial charge in [-0.1, -0.05) is 23.7 Å². The minimum absolute atomic E-state index is 0.0136. The van der Waals surface area contributed by atoms with E-state index in [-0.39, 0.29) is 16.4 Å². The number of benzene rings is 1. The minimum atomic E-state index is -0.509. The highest BCUT2D eigenvalue weighted by atomic mass is 35.5. The smallest absolute Gasteiger partial charge is 0.274 e. The summed E-state index contributed by atoms with van der Waals surface area (Å²) >= 11 is 5.84. The molecule has 1 aromatic carbocycles. The van der Waals surface area contributed by atoms with Crippen molar-refractivity contribution in [1.29, 1.82) is 0 Å². The third-order valence-electron chi connectivity index (χ3n) is 3.68. The van der Waals surface area contributed by atoms with E-state index in [4.69, 9.17) is 16.0 Å².